The van der Waals surface area contributed by atoms with Crippen LogP contribution < -0.4 is 0 Å². The minimum Gasteiger partial charge on any atom is -0.468 e. The van der Waals surface area contributed by atoms with E-state index in [9.17, 15) is 9.59 Å². The van der Waals surface area contributed by atoms with Crippen LogP contribution in [0.5, 0.6) is 0 Å². The van der Waals surface area contributed by atoms with Crippen molar-refractivity contribution in [1.82, 2.24) is 0 Å². The number of hydrogen-bond acceptors (Lipinski definition) is 3. The van der Waals surface area contributed by atoms with E-state index in [0.29, 0.717) is 5.92 Å². The van der Waals surface area contributed by atoms with Gasteiger partial charge in [0.05, 0.1) is 7.11 Å². The molecule has 0 N–H and O–H groups in total. The van der Waals surface area contributed by atoms with Gasteiger partial charge in [0.2, 0.25) is 0 Å². The predicted octanol–water partition coefficient (Wildman–Crippen LogP) is 2.19. The molecule has 3 atom stereocenters. The fourth-order valence-corrected chi connectivity index (χ4v) is 2.35. The van der Waals surface area contributed by atoms with Crippen LogP contribution in [0.2, 0.25) is 0 Å². The Morgan fingerprint density at radius 2 is 2.07 bits per heavy atom. The summed E-state index contributed by atoms with van der Waals surface area (Å²) in [6, 6.07) is 0. The Morgan fingerprint density at radius 1 is 1.40 bits per heavy atom. The van der Waals surface area contributed by atoms with Crippen molar-refractivity contribution in [1.29, 1.82) is 0 Å². The fourth-order valence-electron chi connectivity index (χ4n) is 2.35. The number of carbonyl (C=O) groups excluding carboxylic acids is 2. The normalized spacial score (nSPS) is 27.4. The highest BCUT2D eigenvalue weighted by atomic mass is 16.5. The molecule has 1 aliphatic carbocycles. The fraction of sp³-hybridized carbons (Fsp3) is 0.833. The van der Waals surface area contributed by atoms with Crippen molar-refractivity contribution in [2.24, 2.45) is 17.8 Å². The van der Waals surface area contributed by atoms with Gasteiger partial charge in [0, 0.05) is 5.92 Å². The molecule has 0 saturated heterocycles. The van der Waals surface area contributed by atoms with Crippen molar-refractivity contribution < 1.29 is 14.3 Å². The second-order valence-electron chi connectivity index (χ2n) is 4.43. The smallest absolute Gasteiger partial charge is 0.315 e. The summed E-state index contributed by atoms with van der Waals surface area (Å²) in [7, 11) is 1.33. The molecule has 0 radical (unpaired) electrons. The molecule has 0 bridgehead atoms. The highest BCUT2D eigenvalue weighted by molar-refractivity contribution is 5.99. The van der Waals surface area contributed by atoms with Gasteiger partial charge in [-0.15, -0.1) is 0 Å². The van der Waals surface area contributed by atoms with E-state index in [2.05, 4.69) is 11.7 Å². The van der Waals surface area contributed by atoms with Crippen LogP contribution in [0.15, 0.2) is 0 Å². The summed E-state index contributed by atoms with van der Waals surface area (Å²) in [4.78, 5) is 23.1. The molecule has 0 aromatic carbocycles. The van der Waals surface area contributed by atoms with Gasteiger partial charge in [-0.05, 0) is 32.1 Å². The average Bonchev–Trinajstić information content (AvgIpc) is 2.74. The van der Waals surface area contributed by atoms with E-state index in [1.807, 2.05) is 0 Å². The van der Waals surface area contributed by atoms with Crippen molar-refractivity contribution in [2.45, 2.75) is 39.5 Å². The van der Waals surface area contributed by atoms with Crippen molar-refractivity contribution >= 4 is 11.8 Å². The van der Waals surface area contributed by atoms with Gasteiger partial charge in [-0.25, -0.2) is 0 Å². The molecule has 3 heteroatoms. The van der Waals surface area contributed by atoms with E-state index >= 15 is 0 Å². The van der Waals surface area contributed by atoms with Gasteiger partial charge in [0.15, 0.2) is 0 Å². The van der Waals surface area contributed by atoms with Crippen LogP contribution in [-0.2, 0) is 14.3 Å². The standard InChI is InChI=1S/C12H20O3/c1-4-9-5-6-10(7-9)11(13)8(2)12(14)15-3/h8-10H,4-7H2,1-3H3. The number of Topliss-reactive ketones (excluding diaryl/α,β-unsaturated/α-hetero) is 1. The summed E-state index contributed by atoms with van der Waals surface area (Å²) in [5.41, 5.74) is 0. The van der Waals surface area contributed by atoms with Gasteiger partial charge in [-0.1, -0.05) is 13.3 Å². The van der Waals surface area contributed by atoms with Crippen molar-refractivity contribution in [3.8, 4) is 0 Å². The van der Waals surface area contributed by atoms with E-state index in [4.69, 9.17) is 0 Å². The summed E-state index contributed by atoms with van der Waals surface area (Å²) < 4.78 is 4.59. The molecule has 0 aromatic heterocycles. The first kappa shape index (κ1) is 12.2. The molecule has 0 aliphatic heterocycles. The topological polar surface area (TPSA) is 43.4 Å². The van der Waals surface area contributed by atoms with E-state index < -0.39 is 11.9 Å². The third-order valence-corrected chi connectivity index (χ3v) is 3.50. The molecule has 1 saturated carbocycles. The lowest BCUT2D eigenvalue weighted by atomic mass is 9.91. The number of hydrogen-bond donors (Lipinski definition) is 0. The van der Waals surface area contributed by atoms with E-state index in [-0.39, 0.29) is 11.7 Å². The number of methoxy groups -OCH3 is 1. The van der Waals surface area contributed by atoms with Crippen LogP contribution in [0.4, 0.5) is 0 Å². The third kappa shape index (κ3) is 2.80. The zero-order valence-corrected chi connectivity index (χ0v) is 9.79. The number of rotatable bonds is 4. The number of ether oxygens (including phenoxy) is 1. The molecule has 0 heterocycles. The summed E-state index contributed by atoms with van der Waals surface area (Å²) >= 11 is 0. The van der Waals surface area contributed by atoms with E-state index in [1.54, 1.807) is 6.92 Å². The van der Waals surface area contributed by atoms with Gasteiger partial charge < -0.3 is 4.74 Å². The van der Waals surface area contributed by atoms with Gasteiger partial charge in [0.25, 0.3) is 0 Å². The minimum atomic E-state index is -0.587. The van der Waals surface area contributed by atoms with Crippen molar-refractivity contribution in [2.75, 3.05) is 7.11 Å². The van der Waals surface area contributed by atoms with Crippen LogP contribution in [0, 0.1) is 17.8 Å². The quantitative estimate of drug-likeness (QED) is 0.530. The third-order valence-electron chi connectivity index (χ3n) is 3.50. The molecule has 1 fully saturated rings. The molecule has 1 rings (SSSR count). The lowest BCUT2D eigenvalue weighted by molar-refractivity contribution is -0.149. The largest absolute Gasteiger partial charge is 0.468 e. The Hall–Kier alpha value is -0.860. The van der Waals surface area contributed by atoms with Crippen LogP contribution in [0.1, 0.15) is 39.5 Å². The zero-order valence-electron chi connectivity index (χ0n) is 9.79. The number of esters is 1. The maximum atomic E-state index is 11.9. The Kier molecular flexibility index (Phi) is 4.30. The molecular weight excluding hydrogens is 192 g/mol. The average molecular weight is 212 g/mol. The molecule has 0 spiro atoms. The van der Waals surface area contributed by atoms with Gasteiger partial charge in [-0.2, -0.15) is 0 Å². The molecular formula is C12H20O3. The van der Waals surface area contributed by atoms with Gasteiger partial charge in [-0.3, -0.25) is 9.59 Å². The summed E-state index contributed by atoms with van der Waals surface area (Å²) in [5, 5.41) is 0. The summed E-state index contributed by atoms with van der Waals surface area (Å²) in [5.74, 6) is -0.166. The highest BCUT2D eigenvalue weighted by Gasteiger charge is 2.34. The molecule has 86 valence electrons. The lowest BCUT2D eigenvalue weighted by Gasteiger charge is -2.13. The van der Waals surface area contributed by atoms with E-state index in [0.717, 1.165) is 25.7 Å². The first-order chi connectivity index (χ1) is 7.10. The first-order valence-electron chi connectivity index (χ1n) is 5.71. The molecule has 1 aliphatic rings. The van der Waals surface area contributed by atoms with Crippen LogP contribution in [0.25, 0.3) is 0 Å². The Balaban J connectivity index is 2.51. The maximum Gasteiger partial charge on any atom is 0.315 e. The zero-order chi connectivity index (χ0) is 11.4. The Labute approximate surface area is 91.2 Å². The van der Waals surface area contributed by atoms with Crippen molar-refractivity contribution in [3.63, 3.8) is 0 Å². The SMILES string of the molecule is CCC1CCC(C(=O)C(C)C(=O)OC)C1. The molecule has 3 unspecified atom stereocenters. The van der Waals surface area contributed by atoms with Gasteiger partial charge >= 0.3 is 5.97 Å². The molecule has 3 nitrogen and oxygen atoms in total. The molecule has 0 aromatic rings. The first-order valence-corrected chi connectivity index (χ1v) is 5.71. The van der Waals surface area contributed by atoms with Crippen LogP contribution >= 0.6 is 0 Å². The van der Waals surface area contributed by atoms with Crippen molar-refractivity contribution in [3.05, 3.63) is 0 Å². The number of ketones is 1. The lowest BCUT2D eigenvalue weighted by Crippen LogP contribution is -2.27. The van der Waals surface area contributed by atoms with Gasteiger partial charge in [0.1, 0.15) is 11.7 Å². The number of carbonyl (C=O) groups is 2. The maximum absolute atomic E-state index is 11.9. The monoisotopic (exact) mass is 212 g/mol. The second-order valence-corrected chi connectivity index (χ2v) is 4.43. The Bertz CT molecular complexity index is 247. The molecule has 15 heavy (non-hydrogen) atoms. The summed E-state index contributed by atoms with van der Waals surface area (Å²) in [6.45, 7) is 3.80. The van der Waals surface area contributed by atoms with E-state index in [1.165, 1.54) is 7.11 Å². The Morgan fingerprint density at radius 3 is 2.53 bits per heavy atom. The predicted molar refractivity (Wildman–Crippen MR) is 57.3 cm³/mol. The highest BCUT2D eigenvalue weighted by Crippen LogP contribution is 2.34. The summed E-state index contributed by atoms with van der Waals surface area (Å²) in [6.07, 6.45) is 4.16. The molecule has 0 amide bonds. The van der Waals surface area contributed by atoms with Crippen LogP contribution in [-0.4, -0.2) is 18.9 Å². The van der Waals surface area contributed by atoms with Crippen LogP contribution in [0.3, 0.4) is 0 Å². The minimum absolute atomic E-state index is 0.0674. The second kappa shape index (κ2) is 5.29.